The summed E-state index contributed by atoms with van der Waals surface area (Å²) in [5.41, 5.74) is 0.126. The number of hydrogen-bond donors (Lipinski definition) is 0. The van der Waals surface area contributed by atoms with E-state index in [1.54, 1.807) is 36.4 Å². The van der Waals surface area contributed by atoms with Crippen LogP contribution in [-0.2, 0) is 14.4 Å². The van der Waals surface area contributed by atoms with Gasteiger partial charge in [0.25, 0.3) is 5.91 Å². The molecule has 1 spiro atoms. The molecule has 2 amide bonds. The third kappa shape index (κ3) is 3.04. The smallest absolute Gasteiger partial charge is 0.281 e. The van der Waals surface area contributed by atoms with Gasteiger partial charge in [-0.25, -0.2) is 4.90 Å². The number of carbonyl (C=O) groups is 2. The molecule has 0 aliphatic carbocycles. The van der Waals surface area contributed by atoms with Crippen LogP contribution in [0, 0.1) is 0 Å². The molecule has 0 unspecified atom stereocenters. The average Bonchev–Trinajstić information content (AvgIpc) is 3.28. The van der Waals surface area contributed by atoms with Crippen LogP contribution in [0.5, 0.6) is 17.2 Å². The summed E-state index contributed by atoms with van der Waals surface area (Å²) in [5, 5.41) is 4.64. The van der Waals surface area contributed by atoms with E-state index in [-0.39, 0.29) is 18.7 Å². The first-order valence-electron chi connectivity index (χ1n) is 9.11. The molecular formula is C21H19ClN2O6. The second-order valence-corrected chi connectivity index (χ2v) is 7.31. The molecule has 2 aromatic rings. The minimum atomic E-state index is -1.38. The number of carbonyl (C=O) groups excluding carboxylic acids is 2. The van der Waals surface area contributed by atoms with E-state index in [4.69, 9.17) is 30.6 Å². The Hall–Kier alpha value is -3.26. The van der Waals surface area contributed by atoms with Crippen LogP contribution in [0.15, 0.2) is 41.6 Å². The number of nitrogens with zero attached hydrogens (tertiary/aromatic N) is 2. The molecule has 9 heteroatoms. The Labute approximate surface area is 177 Å². The molecular weight excluding hydrogens is 412 g/mol. The number of ether oxygens (including phenoxy) is 3. The molecule has 2 heterocycles. The first kappa shape index (κ1) is 20.0. The van der Waals surface area contributed by atoms with E-state index in [1.165, 1.54) is 21.3 Å². The van der Waals surface area contributed by atoms with Gasteiger partial charge in [0.1, 0.15) is 0 Å². The molecule has 2 aliphatic rings. The molecule has 1 atom stereocenters. The lowest BCUT2D eigenvalue weighted by Gasteiger charge is -2.20. The largest absolute Gasteiger partial charge is 0.493 e. The van der Waals surface area contributed by atoms with Crippen molar-refractivity contribution in [3.63, 3.8) is 0 Å². The molecule has 1 saturated heterocycles. The summed E-state index contributed by atoms with van der Waals surface area (Å²) < 4.78 is 16.2. The van der Waals surface area contributed by atoms with Gasteiger partial charge in [-0.1, -0.05) is 16.8 Å². The standard InChI is InChI=1S/C21H19ClN2O6/c1-27-16-9-8-14(18(28-2)19(16)29-3)15-10-21(30-23-15)11-17(25)24(20(21)26)13-6-4-12(22)5-7-13/h4-9H,10-11H2,1-3H3/t21-/m1/s1. The third-order valence-electron chi connectivity index (χ3n) is 5.16. The molecule has 8 nitrogen and oxygen atoms in total. The predicted octanol–water partition coefficient (Wildman–Crippen LogP) is 3.19. The molecule has 0 radical (unpaired) electrons. The van der Waals surface area contributed by atoms with Gasteiger partial charge < -0.3 is 19.0 Å². The highest BCUT2D eigenvalue weighted by Gasteiger charge is 2.58. The lowest BCUT2D eigenvalue weighted by molar-refractivity contribution is -0.136. The van der Waals surface area contributed by atoms with E-state index in [2.05, 4.69) is 5.16 Å². The maximum Gasteiger partial charge on any atom is 0.281 e. The Bertz CT molecular complexity index is 1050. The van der Waals surface area contributed by atoms with E-state index in [9.17, 15) is 9.59 Å². The number of anilines is 1. The maximum absolute atomic E-state index is 13.2. The molecule has 2 aromatic carbocycles. The Morgan fingerprint density at radius 1 is 0.967 bits per heavy atom. The van der Waals surface area contributed by atoms with Crippen molar-refractivity contribution in [3.8, 4) is 17.2 Å². The second-order valence-electron chi connectivity index (χ2n) is 6.87. The average molecular weight is 431 g/mol. The molecule has 0 aromatic heterocycles. The van der Waals surface area contributed by atoms with Crippen molar-refractivity contribution < 1.29 is 28.6 Å². The first-order chi connectivity index (χ1) is 14.4. The van der Waals surface area contributed by atoms with Crippen LogP contribution in [-0.4, -0.2) is 44.5 Å². The van der Waals surface area contributed by atoms with Crippen LogP contribution in [0.3, 0.4) is 0 Å². The molecule has 0 N–H and O–H groups in total. The van der Waals surface area contributed by atoms with Crippen LogP contribution < -0.4 is 19.1 Å². The van der Waals surface area contributed by atoms with Crippen LogP contribution in [0.1, 0.15) is 18.4 Å². The normalized spacial score (nSPS) is 20.4. The number of halogens is 1. The Balaban J connectivity index is 1.65. The number of amides is 2. The summed E-state index contributed by atoms with van der Waals surface area (Å²) in [6.07, 6.45) is 0.00453. The van der Waals surface area contributed by atoms with E-state index >= 15 is 0 Å². The first-order valence-corrected chi connectivity index (χ1v) is 9.49. The van der Waals surface area contributed by atoms with E-state index in [0.29, 0.717) is 39.2 Å². The highest BCUT2D eigenvalue weighted by Crippen LogP contribution is 2.44. The van der Waals surface area contributed by atoms with Gasteiger partial charge >= 0.3 is 0 Å². The fraction of sp³-hybridized carbons (Fsp3) is 0.286. The molecule has 1 fully saturated rings. The summed E-state index contributed by atoms with van der Waals surface area (Å²) in [6.45, 7) is 0. The molecule has 0 saturated carbocycles. The zero-order valence-corrected chi connectivity index (χ0v) is 17.4. The van der Waals surface area contributed by atoms with Crippen molar-refractivity contribution in [1.82, 2.24) is 0 Å². The minimum Gasteiger partial charge on any atom is -0.493 e. The number of hydrogen-bond acceptors (Lipinski definition) is 7. The van der Waals surface area contributed by atoms with Crippen LogP contribution in [0.25, 0.3) is 0 Å². The van der Waals surface area contributed by atoms with Gasteiger partial charge in [-0.3, -0.25) is 9.59 Å². The van der Waals surface area contributed by atoms with E-state index in [0.717, 1.165) is 4.90 Å². The third-order valence-corrected chi connectivity index (χ3v) is 5.41. The molecule has 4 rings (SSSR count). The zero-order valence-electron chi connectivity index (χ0n) is 16.6. The Morgan fingerprint density at radius 2 is 1.67 bits per heavy atom. The predicted molar refractivity (Wildman–Crippen MR) is 110 cm³/mol. The lowest BCUT2D eigenvalue weighted by Crippen LogP contribution is -2.40. The van der Waals surface area contributed by atoms with Gasteiger partial charge in [-0.2, -0.15) is 0 Å². The van der Waals surface area contributed by atoms with Gasteiger partial charge in [-0.15, -0.1) is 0 Å². The Morgan fingerprint density at radius 3 is 2.30 bits per heavy atom. The topological polar surface area (TPSA) is 86.7 Å². The number of benzene rings is 2. The fourth-order valence-corrected chi connectivity index (χ4v) is 3.85. The maximum atomic E-state index is 13.2. The van der Waals surface area contributed by atoms with Gasteiger partial charge in [0.05, 0.1) is 39.1 Å². The summed E-state index contributed by atoms with van der Waals surface area (Å²) in [5.74, 6) is 0.472. The fourth-order valence-electron chi connectivity index (χ4n) is 3.73. The van der Waals surface area contributed by atoms with Crippen LogP contribution >= 0.6 is 11.6 Å². The van der Waals surface area contributed by atoms with Crippen molar-refractivity contribution in [2.45, 2.75) is 18.4 Å². The van der Waals surface area contributed by atoms with Gasteiger partial charge in [0.15, 0.2) is 11.5 Å². The summed E-state index contributed by atoms with van der Waals surface area (Å²) in [4.78, 5) is 32.5. The monoisotopic (exact) mass is 430 g/mol. The summed E-state index contributed by atoms with van der Waals surface area (Å²) in [7, 11) is 4.53. The van der Waals surface area contributed by atoms with E-state index < -0.39 is 11.5 Å². The molecule has 30 heavy (non-hydrogen) atoms. The van der Waals surface area contributed by atoms with Gasteiger partial charge in [0, 0.05) is 17.0 Å². The summed E-state index contributed by atoms with van der Waals surface area (Å²) in [6, 6.07) is 9.94. The van der Waals surface area contributed by atoms with Crippen LogP contribution in [0.2, 0.25) is 5.02 Å². The van der Waals surface area contributed by atoms with E-state index in [1.807, 2.05) is 0 Å². The lowest BCUT2D eigenvalue weighted by atomic mass is 9.92. The molecule has 2 aliphatic heterocycles. The van der Waals surface area contributed by atoms with Crippen molar-refractivity contribution in [2.75, 3.05) is 26.2 Å². The number of oxime groups is 1. The van der Waals surface area contributed by atoms with Crippen molar-refractivity contribution >= 4 is 34.8 Å². The number of rotatable bonds is 5. The SMILES string of the molecule is COc1ccc(C2=NO[C@@]3(CC(=O)N(c4ccc(Cl)cc4)C3=O)C2)c(OC)c1OC. The number of imide groups is 1. The molecule has 156 valence electrons. The van der Waals surface area contributed by atoms with Crippen LogP contribution in [0.4, 0.5) is 5.69 Å². The van der Waals surface area contributed by atoms with Gasteiger partial charge in [-0.05, 0) is 36.4 Å². The molecule has 0 bridgehead atoms. The highest BCUT2D eigenvalue weighted by atomic mass is 35.5. The zero-order chi connectivity index (χ0) is 21.5. The minimum absolute atomic E-state index is 0.114. The second kappa shape index (κ2) is 7.53. The van der Waals surface area contributed by atoms with Crippen molar-refractivity contribution in [1.29, 1.82) is 0 Å². The number of methoxy groups -OCH3 is 3. The van der Waals surface area contributed by atoms with Crippen molar-refractivity contribution in [3.05, 3.63) is 47.0 Å². The van der Waals surface area contributed by atoms with Crippen molar-refractivity contribution in [2.24, 2.45) is 5.16 Å². The quantitative estimate of drug-likeness (QED) is 0.677. The van der Waals surface area contributed by atoms with Gasteiger partial charge in [0.2, 0.25) is 17.3 Å². The summed E-state index contributed by atoms with van der Waals surface area (Å²) >= 11 is 5.91. The Kier molecular flexibility index (Phi) is 5.03. The highest BCUT2D eigenvalue weighted by molar-refractivity contribution is 6.31.